The average molecular weight is 480 g/mol. The third-order valence-electron chi connectivity index (χ3n) is 9.33. The minimum absolute atomic E-state index is 0.0509. The maximum atomic E-state index is 13.2. The van der Waals surface area contributed by atoms with E-state index in [0.29, 0.717) is 6.42 Å². The molecule has 0 radical (unpaired) electrons. The molecule has 11 atom stereocenters. The van der Waals surface area contributed by atoms with E-state index in [1.807, 2.05) is 0 Å². The highest BCUT2D eigenvalue weighted by Gasteiger charge is 2.83. The molecular formula is C24H33NO9. The summed E-state index contributed by atoms with van der Waals surface area (Å²) in [5, 5.41) is 34.3. The molecular weight excluding hydrogens is 446 g/mol. The Labute approximate surface area is 197 Å². The lowest BCUT2D eigenvalue weighted by atomic mass is 9.38. The van der Waals surface area contributed by atoms with Gasteiger partial charge in [0, 0.05) is 22.7 Å². The number of ether oxygens (including phenoxy) is 3. The number of nitrogens with zero attached hydrogens (tertiary/aromatic N) is 1. The second-order valence-corrected chi connectivity index (χ2v) is 11.3. The Morgan fingerprint density at radius 1 is 1.29 bits per heavy atom. The molecule has 2 aliphatic heterocycles. The van der Waals surface area contributed by atoms with Gasteiger partial charge < -0.3 is 29.5 Å². The van der Waals surface area contributed by atoms with Crippen LogP contribution in [0.5, 0.6) is 0 Å². The topological polar surface area (TPSA) is 143 Å². The van der Waals surface area contributed by atoms with Crippen molar-refractivity contribution in [2.24, 2.45) is 34.5 Å². The van der Waals surface area contributed by atoms with Crippen molar-refractivity contribution in [3.63, 3.8) is 0 Å². The summed E-state index contributed by atoms with van der Waals surface area (Å²) in [7, 11) is 3.39. The van der Waals surface area contributed by atoms with E-state index in [9.17, 15) is 29.7 Å². The molecule has 3 N–H and O–H groups in total. The minimum Gasteiger partial charge on any atom is -0.459 e. The van der Waals surface area contributed by atoms with Crippen molar-refractivity contribution >= 4 is 17.7 Å². The highest BCUT2D eigenvalue weighted by molar-refractivity contribution is 5.96. The van der Waals surface area contributed by atoms with Crippen LogP contribution in [0.3, 0.4) is 0 Å². The minimum atomic E-state index is -2.07. The van der Waals surface area contributed by atoms with Gasteiger partial charge in [0.25, 0.3) is 0 Å². The highest BCUT2D eigenvalue weighted by Crippen LogP contribution is 2.73. The number of likely N-dealkylation sites (N-methyl/N-ethyl adjacent to an activating group) is 1. The first-order valence-corrected chi connectivity index (χ1v) is 11.8. The second-order valence-electron chi connectivity index (χ2n) is 11.3. The van der Waals surface area contributed by atoms with Gasteiger partial charge in [0.1, 0.15) is 18.3 Å². The predicted octanol–water partition coefficient (Wildman–Crippen LogP) is -0.750. The van der Waals surface area contributed by atoms with Crippen LogP contribution in [-0.2, 0) is 28.6 Å². The molecule has 2 heterocycles. The number of esters is 2. The fraction of sp³-hybridized carbons (Fsp3) is 0.792. The highest BCUT2D eigenvalue weighted by atomic mass is 16.7. The maximum Gasteiger partial charge on any atom is 0.348 e. The van der Waals surface area contributed by atoms with Gasteiger partial charge in [-0.1, -0.05) is 19.4 Å². The molecule has 0 amide bonds. The largest absolute Gasteiger partial charge is 0.459 e. The summed E-state index contributed by atoms with van der Waals surface area (Å²) in [6, 6.07) is 0. The fourth-order valence-electron chi connectivity index (χ4n) is 8.17. The molecule has 0 unspecified atom stereocenters. The van der Waals surface area contributed by atoms with Crippen LogP contribution in [0.1, 0.15) is 27.2 Å². The van der Waals surface area contributed by atoms with Crippen LogP contribution >= 0.6 is 0 Å². The van der Waals surface area contributed by atoms with E-state index in [-0.39, 0.29) is 13.2 Å². The van der Waals surface area contributed by atoms with E-state index in [2.05, 4.69) is 0 Å². The molecule has 188 valence electrons. The van der Waals surface area contributed by atoms with Crippen LogP contribution in [0.2, 0.25) is 0 Å². The summed E-state index contributed by atoms with van der Waals surface area (Å²) in [5.41, 5.74) is -1.54. The van der Waals surface area contributed by atoms with Crippen molar-refractivity contribution in [2.45, 2.75) is 57.4 Å². The van der Waals surface area contributed by atoms with Crippen LogP contribution in [0.4, 0.5) is 0 Å². The molecule has 5 aliphatic rings. The van der Waals surface area contributed by atoms with Crippen molar-refractivity contribution in [3.05, 3.63) is 11.6 Å². The third kappa shape index (κ3) is 2.71. The zero-order valence-electron chi connectivity index (χ0n) is 20.1. The average Bonchev–Trinajstić information content (AvgIpc) is 3.03. The maximum absolute atomic E-state index is 13.2. The first-order chi connectivity index (χ1) is 15.8. The Bertz CT molecular complexity index is 979. The molecule has 2 saturated carbocycles. The van der Waals surface area contributed by atoms with E-state index in [1.54, 1.807) is 39.8 Å². The van der Waals surface area contributed by atoms with E-state index < -0.39 is 82.4 Å². The molecule has 1 spiro atoms. The molecule has 3 aliphatic carbocycles. The number of aliphatic hydroxyl groups is 3. The van der Waals surface area contributed by atoms with Crippen LogP contribution in [0, 0.1) is 34.5 Å². The molecule has 0 aromatic rings. The summed E-state index contributed by atoms with van der Waals surface area (Å²) in [5.74, 6) is -6.62. The molecule has 0 aromatic carbocycles. The van der Waals surface area contributed by atoms with Crippen LogP contribution in [0.15, 0.2) is 11.6 Å². The Balaban J connectivity index is 1.68. The lowest BCUT2D eigenvalue weighted by Gasteiger charge is -2.68. The third-order valence-corrected chi connectivity index (χ3v) is 9.33. The standard InChI is InChI=1S/C24H33NO9/c1-10-6-13(26)19(29)22(3)12(10)7-14-23-9-32-24(31,21(22)23)18(28)11(2)16(23)17(20(30)33-14)34-15(27)8-25(4)5/h6,11-12,14,16-19,21,28-29,31H,7-9H2,1-5H3/t11-,12+,14-,16-,17-,18-,19-,21-,22-,23+,24-/m1/s1. The first-order valence-electron chi connectivity index (χ1n) is 11.8. The first kappa shape index (κ1) is 23.9. The van der Waals surface area contributed by atoms with E-state index in [0.717, 1.165) is 5.57 Å². The van der Waals surface area contributed by atoms with Crippen molar-refractivity contribution in [2.75, 3.05) is 27.2 Å². The number of ketones is 1. The Hall–Kier alpha value is -1.85. The van der Waals surface area contributed by atoms with Crippen LogP contribution in [0.25, 0.3) is 0 Å². The van der Waals surface area contributed by atoms with Gasteiger partial charge >= 0.3 is 11.9 Å². The number of fused-ring (bicyclic) bond motifs is 1. The van der Waals surface area contributed by atoms with Crippen molar-refractivity contribution < 1.29 is 43.9 Å². The van der Waals surface area contributed by atoms with Crippen molar-refractivity contribution in [1.82, 2.24) is 4.90 Å². The Morgan fingerprint density at radius 2 is 1.97 bits per heavy atom. The molecule has 2 bridgehead atoms. The smallest absolute Gasteiger partial charge is 0.348 e. The number of carbonyl (C=O) groups excluding carboxylic acids is 3. The molecule has 0 aromatic heterocycles. The van der Waals surface area contributed by atoms with Crippen LogP contribution < -0.4 is 0 Å². The monoisotopic (exact) mass is 479 g/mol. The summed E-state index contributed by atoms with van der Waals surface area (Å²) in [6.45, 7) is 5.10. The van der Waals surface area contributed by atoms with Gasteiger partial charge in [0.05, 0.1) is 13.2 Å². The van der Waals surface area contributed by atoms with Gasteiger partial charge in [0.2, 0.25) is 6.10 Å². The van der Waals surface area contributed by atoms with Gasteiger partial charge in [-0.3, -0.25) is 14.5 Å². The van der Waals surface area contributed by atoms with E-state index in [4.69, 9.17) is 14.2 Å². The van der Waals surface area contributed by atoms with Gasteiger partial charge in [-0.2, -0.15) is 0 Å². The Morgan fingerprint density at radius 3 is 2.62 bits per heavy atom. The molecule has 5 rings (SSSR count). The van der Waals surface area contributed by atoms with Gasteiger partial charge in [0.15, 0.2) is 11.6 Å². The number of carbonyl (C=O) groups is 3. The van der Waals surface area contributed by atoms with Crippen molar-refractivity contribution in [1.29, 1.82) is 0 Å². The Kier molecular flexibility index (Phi) is 5.15. The SMILES string of the molecule is CC1=CC(=O)[C@@H](O)[C@]2(C)[C@H]3[C@]4(O)OC[C@]35[C@H]([C@@H](C)[C@H]4O)[C@@H](OC(=O)CN(C)C)C(=O)O[C@@H]5C[C@@H]12. The van der Waals surface area contributed by atoms with Crippen molar-refractivity contribution in [3.8, 4) is 0 Å². The molecule has 4 fully saturated rings. The number of hydrogen-bond acceptors (Lipinski definition) is 10. The number of rotatable bonds is 3. The van der Waals surface area contributed by atoms with Gasteiger partial charge in [-0.25, -0.2) is 4.79 Å². The van der Waals surface area contributed by atoms with Crippen LogP contribution in [-0.4, -0.2) is 95.4 Å². The van der Waals surface area contributed by atoms with Gasteiger partial charge in [-0.05, 0) is 45.4 Å². The number of allylic oxidation sites excluding steroid dienone is 1. The lowest BCUT2D eigenvalue weighted by molar-refractivity contribution is -0.340. The number of hydrogen-bond donors (Lipinski definition) is 3. The predicted molar refractivity (Wildman–Crippen MR) is 115 cm³/mol. The molecule has 10 heteroatoms. The number of aliphatic hydroxyl groups excluding tert-OH is 2. The second kappa shape index (κ2) is 7.33. The van der Waals surface area contributed by atoms with E-state index in [1.165, 1.54) is 6.08 Å². The molecule has 34 heavy (non-hydrogen) atoms. The quantitative estimate of drug-likeness (QED) is 0.443. The normalized spacial score (nSPS) is 51.4. The summed E-state index contributed by atoms with van der Waals surface area (Å²) in [6.07, 6.45) is -3.17. The van der Waals surface area contributed by atoms with E-state index >= 15 is 0 Å². The fourth-order valence-corrected chi connectivity index (χ4v) is 8.17. The summed E-state index contributed by atoms with van der Waals surface area (Å²) >= 11 is 0. The summed E-state index contributed by atoms with van der Waals surface area (Å²) < 4.78 is 17.5. The van der Waals surface area contributed by atoms with Gasteiger partial charge in [-0.15, -0.1) is 0 Å². The molecule has 2 saturated heterocycles. The molecule has 10 nitrogen and oxygen atoms in total. The zero-order valence-corrected chi connectivity index (χ0v) is 20.1. The summed E-state index contributed by atoms with van der Waals surface area (Å²) in [4.78, 5) is 40.1. The zero-order chi connectivity index (χ0) is 25.0. The lowest BCUT2D eigenvalue weighted by Crippen LogP contribution is -2.78.